The maximum Gasteiger partial charge on any atom is 0.296 e. The third-order valence-corrected chi connectivity index (χ3v) is 5.58. The summed E-state index contributed by atoms with van der Waals surface area (Å²) < 4.78 is 29.9. The monoisotopic (exact) mass is 386 g/mol. The van der Waals surface area contributed by atoms with E-state index in [1.807, 2.05) is 0 Å². The second kappa shape index (κ2) is 6.13. The van der Waals surface area contributed by atoms with E-state index in [1.54, 1.807) is 11.0 Å². The second-order valence-corrected chi connectivity index (χ2v) is 7.73. The topological polar surface area (TPSA) is 46.3 Å². The van der Waals surface area contributed by atoms with Crippen molar-refractivity contribution < 1.29 is 13.6 Å². The molecule has 0 aliphatic carbocycles. The van der Waals surface area contributed by atoms with Gasteiger partial charge in [-0.1, -0.05) is 35.0 Å². The van der Waals surface area contributed by atoms with E-state index < -0.39 is 17.9 Å². The summed E-state index contributed by atoms with van der Waals surface area (Å²) in [6, 6.07) is 4.12. The molecule has 2 heterocycles. The number of piperidine rings is 1. The number of rotatable bonds is 3. The Morgan fingerprint density at radius 2 is 1.96 bits per heavy atom. The lowest BCUT2D eigenvalue weighted by atomic mass is 9.91. The molecule has 3 rings (SSSR count). The molecule has 0 spiro atoms. The highest BCUT2D eigenvalue weighted by atomic mass is 79.9. The minimum atomic E-state index is -3.39. The van der Waals surface area contributed by atoms with Crippen LogP contribution < -0.4 is 5.73 Å². The summed E-state index contributed by atoms with van der Waals surface area (Å²) in [6.45, 7) is 2.16. The van der Waals surface area contributed by atoms with Crippen LogP contribution in [0.4, 0.5) is 8.78 Å². The van der Waals surface area contributed by atoms with Gasteiger partial charge in [0.1, 0.15) is 0 Å². The van der Waals surface area contributed by atoms with E-state index in [-0.39, 0.29) is 17.6 Å². The Kier molecular flexibility index (Phi) is 4.49. The van der Waals surface area contributed by atoms with Crippen LogP contribution in [0.15, 0.2) is 28.7 Å². The first kappa shape index (κ1) is 16.8. The summed E-state index contributed by atoms with van der Waals surface area (Å²) in [5.74, 6) is -3.46. The maximum atomic E-state index is 14.7. The fraction of sp³-hybridized carbons (Fsp3) is 0.588. The van der Waals surface area contributed by atoms with E-state index in [0.29, 0.717) is 10.4 Å². The third-order valence-electron chi connectivity index (χ3n) is 5.09. The van der Waals surface area contributed by atoms with Crippen LogP contribution in [0.2, 0.25) is 0 Å². The fourth-order valence-corrected chi connectivity index (χ4v) is 4.40. The third kappa shape index (κ3) is 3.03. The second-order valence-electron chi connectivity index (χ2n) is 6.82. The van der Waals surface area contributed by atoms with Crippen LogP contribution in [0.3, 0.4) is 0 Å². The zero-order valence-electron chi connectivity index (χ0n) is 13.0. The van der Waals surface area contributed by atoms with Gasteiger partial charge in [0.05, 0.1) is 0 Å². The van der Waals surface area contributed by atoms with Crippen LogP contribution in [-0.4, -0.2) is 28.9 Å². The first-order valence-electron chi connectivity index (χ1n) is 8.02. The van der Waals surface area contributed by atoms with E-state index in [2.05, 4.69) is 22.9 Å². The van der Waals surface area contributed by atoms with Crippen molar-refractivity contribution in [2.45, 2.75) is 56.7 Å². The van der Waals surface area contributed by atoms with E-state index >= 15 is 0 Å². The molecule has 1 aromatic rings. The molecule has 2 aliphatic rings. The lowest BCUT2D eigenvalue weighted by Gasteiger charge is -2.40. The van der Waals surface area contributed by atoms with Crippen molar-refractivity contribution >= 4 is 21.8 Å². The number of nitrogens with zero attached hydrogens (tertiary/aromatic N) is 1. The van der Waals surface area contributed by atoms with Gasteiger partial charge >= 0.3 is 0 Å². The van der Waals surface area contributed by atoms with Crippen LogP contribution in [0, 0.1) is 5.92 Å². The average Bonchev–Trinajstić information content (AvgIpc) is 2.77. The average molecular weight is 387 g/mol. The van der Waals surface area contributed by atoms with Gasteiger partial charge < -0.3 is 10.6 Å². The van der Waals surface area contributed by atoms with E-state index in [9.17, 15) is 13.6 Å². The zero-order chi connectivity index (χ0) is 16.8. The van der Waals surface area contributed by atoms with Crippen LogP contribution in [-0.2, 0) is 10.7 Å². The highest BCUT2D eigenvalue weighted by Gasteiger charge is 2.50. The molecule has 3 nitrogen and oxygen atoms in total. The lowest BCUT2D eigenvalue weighted by Crippen LogP contribution is -2.57. The molecule has 1 aromatic carbocycles. The van der Waals surface area contributed by atoms with Gasteiger partial charge in [-0.15, -0.1) is 0 Å². The summed E-state index contributed by atoms with van der Waals surface area (Å²) in [5, 5.41) is 0. The number of carbonyl (C=O) groups is 1. The summed E-state index contributed by atoms with van der Waals surface area (Å²) >= 11 is 3.18. The molecule has 6 heteroatoms. The molecule has 2 saturated heterocycles. The molecule has 3 unspecified atom stereocenters. The molecule has 2 bridgehead atoms. The van der Waals surface area contributed by atoms with Crippen molar-refractivity contribution in [1.82, 2.24) is 4.90 Å². The van der Waals surface area contributed by atoms with Crippen LogP contribution in [0.1, 0.15) is 38.2 Å². The highest BCUT2D eigenvalue weighted by Crippen LogP contribution is 2.41. The van der Waals surface area contributed by atoms with Crippen LogP contribution in [0.5, 0.6) is 0 Å². The van der Waals surface area contributed by atoms with Gasteiger partial charge in [-0.2, -0.15) is 8.78 Å². The van der Waals surface area contributed by atoms with Crippen LogP contribution >= 0.6 is 15.9 Å². The molecule has 126 valence electrons. The molecule has 2 aliphatic heterocycles. The minimum absolute atomic E-state index is 0.0700. The number of benzene rings is 1. The summed E-state index contributed by atoms with van der Waals surface area (Å²) in [7, 11) is 0. The van der Waals surface area contributed by atoms with Gasteiger partial charge in [0, 0.05) is 22.1 Å². The largest absolute Gasteiger partial charge is 0.335 e. The lowest BCUT2D eigenvalue weighted by molar-refractivity contribution is -0.148. The Balaban J connectivity index is 1.82. The Morgan fingerprint density at radius 1 is 1.35 bits per heavy atom. The highest BCUT2D eigenvalue weighted by molar-refractivity contribution is 9.10. The number of hydrogen-bond donors (Lipinski definition) is 1. The number of fused-ring (bicyclic) bond motifs is 2. The molecule has 0 saturated carbocycles. The number of carbonyl (C=O) groups excluding carboxylic acids is 1. The maximum absolute atomic E-state index is 14.7. The summed E-state index contributed by atoms with van der Waals surface area (Å²) in [5.41, 5.74) is 5.51. The normalized spacial score (nSPS) is 28.7. The molecule has 1 amide bonds. The van der Waals surface area contributed by atoms with Gasteiger partial charge in [-0.05, 0) is 43.7 Å². The quantitative estimate of drug-likeness (QED) is 0.861. The van der Waals surface area contributed by atoms with Crippen molar-refractivity contribution in [2.24, 2.45) is 11.7 Å². The van der Waals surface area contributed by atoms with Gasteiger partial charge in [0.15, 0.2) is 6.04 Å². The summed E-state index contributed by atoms with van der Waals surface area (Å²) in [6.07, 6.45) is 3.57. The number of halogens is 3. The molecule has 3 atom stereocenters. The predicted molar refractivity (Wildman–Crippen MR) is 88.1 cm³/mol. The molecular formula is C17H21BrF2N2O. The fourth-order valence-electron chi connectivity index (χ4n) is 4.00. The Hall–Kier alpha value is -1.01. The molecule has 2 fully saturated rings. The first-order valence-corrected chi connectivity index (χ1v) is 8.81. The van der Waals surface area contributed by atoms with Crippen LogP contribution in [0.25, 0.3) is 0 Å². The number of alkyl halides is 2. The van der Waals surface area contributed by atoms with Crippen molar-refractivity contribution in [2.75, 3.05) is 0 Å². The van der Waals surface area contributed by atoms with E-state index in [4.69, 9.17) is 5.73 Å². The number of nitrogens with two attached hydrogens (primary N) is 1. The van der Waals surface area contributed by atoms with Gasteiger partial charge in [-0.25, -0.2) is 0 Å². The minimum Gasteiger partial charge on any atom is -0.335 e. The molecular weight excluding hydrogens is 366 g/mol. The van der Waals surface area contributed by atoms with E-state index in [1.165, 1.54) is 18.2 Å². The SMILES string of the molecule is CC1CC2CCC(C1)N2C(=O)C(N)C(F)(F)c1cccc(Br)c1. The zero-order valence-corrected chi connectivity index (χ0v) is 14.6. The van der Waals surface area contributed by atoms with Gasteiger partial charge in [0.2, 0.25) is 5.91 Å². The molecule has 2 N–H and O–H groups in total. The molecule has 0 radical (unpaired) electrons. The van der Waals surface area contributed by atoms with Gasteiger partial charge in [0.25, 0.3) is 5.92 Å². The predicted octanol–water partition coefficient (Wildman–Crippen LogP) is 3.66. The standard InChI is InChI=1S/C17H21BrF2N2O/c1-10-7-13-5-6-14(8-10)22(13)16(23)15(21)17(19,20)11-3-2-4-12(18)9-11/h2-4,9-10,13-15H,5-8,21H2,1H3. The van der Waals surface area contributed by atoms with Gasteiger partial charge in [-0.3, -0.25) is 4.79 Å². The Labute approximate surface area is 143 Å². The molecule has 23 heavy (non-hydrogen) atoms. The van der Waals surface area contributed by atoms with E-state index in [0.717, 1.165) is 25.7 Å². The molecule has 0 aromatic heterocycles. The van der Waals surface area contributed by atoms with Crippen molar-refractivity contribution in [3.05, 3.63) is 34.3 Å². The summed E-state index contributed by atoms with van der Waals surface area (Å²) in [4.78, 5) is 14.3. The Bertz CT molecular complexity index is 596. The smallest absolute Gasteiger partial charge is 0.296 e. The van der Waals surface area contributed by atoms with Crippen molar-refractivity contribution in [1.29, 1.82) is 0 Å². The Morgan fingerprint density at radius 3 is 2.52 bits per heavy atom. The van der Waals surface area contributed by atoms with Crippen molar-refractivity contribution in [3.8, 4) is 0 Å². The number of hydrogen-bond acceptors (Lipinski definition) is 2. The number of amides is 1. The first-order chi connectivity index (χ1) is 10.8. The van der Waals surface area contributed by atoms with Crippen molar-refractivity contribution in [3.63, 3.8) is 0 Å².